The van der Waals surface area contributed by atoms with Crippen LogP contribution in [-0.4, -0.2) is 41.8 Å². The molecule has 1 amide bonds. The minimum atomic E-state index is -3.13. The van der Waals surface area contributed by atoms with Crippen molar-refractivity contribution >= 4 is 26.6 Å². The summed E-state index contributed by atoms with van der Waals surface area (Å²) in [5.74, 6) is -0.0502. The van der Waals surface area contributed by atoms with Crippen molar-refractivity contribution in [2.45, 2.75) is 50.3 Å². The molecule has 4 rings (SSSR count). The van der Waals surface area contributed by atoms with Crippen molar-refractivity contribution in [2.75, 3.05) is 12.3 Å². The third-order valence-corrected chi connectivity index (χ3v) is 7.91. The van der Waals surface area contributed by atoms with Gasteiger partial charge in [-0.1, -0.05) is 31.0 Å². The van der Waals surface area contributed by atoms with Crippen molar-refractivity contribution in [3.8, 4) is 0 Å². The quantitative estimate of drug-likeness (QED) is 0.911. The maximum Gasteiger partial charge on any atom is 0.223 e. The van der Waals surface area contributed by atoms with Crippen LogP contribution in [0.5, 0.6) is 0 Å². The van der Waals surface area contributed by atoms with Gasteiger partial charge in [-0.25, -0.2) is 8.42 Å². The zero-order valence-corrected chi connectivity index (χ0v) is 15.1. The summed E-state index contributed by atoms with van der Waals surface area (Å²) in [6.45, 7) is 1.23. The van der Waals surface area contributed by atoms with E-state index in [-0.39, 0.29) is 23.3 Å². The van der Waals surface area contributed by atoms with Gasteiger partial charge < -0.3 is 9.88 Å². The number of sulfone groups is 1. The Kier molecular flexibility index (Phi) is 4.31. The van der Waals surface area contributed by atoms with Gasteiger partial charge in [0, 0.05) is 48.1 Å². The van der Waals surface area contributed by atoms with Crippen molar-refractivity contribution in [1.29, 1.82) is 0 Å². The number of carbonyl (C=O) groups is 1. The molecule has 0 bridgehead atoms. The molecule has 25 heavy (non-hydrogen) atoms. The van der Waals surface area contributed by atoms with Gasteiger partial charge in [-0.05, 0) is 18.9 Å². The molecule has 0 unspecified atom stereocenters. The van der Waals surface area contributed by atoms with E-state index in [1.54, 1.807) is 0 Å². The van der Waals surface area contributed by atoms with E-state index in [0.717, 1.165) is 43.0 Å². The Morgan fingerprint density at radius 2 is 1.96 bits per heavy atom. The number of hydrogen-bond acceptors (Lipinski definition) is 3. The molecule has 1 N–H and O–H groups in total. The Morgan fingerprint density at radius 1 is 1.20 bits per heavy atom. The predicted molar refractivity (Wildman–Crippen MR) is 98.1 cm³/mol. The van der Waals surface area contributed by atoms with Gasteiger partial charge in [-0.2, -0.15) is 0 Å². The second kappa shape index (κ2) is 6.48. The van der Waals surface area contributed by atoms with E-state index < -0.39 is 9.84 Å². The lowest BCUT2D eigenvalue weighted by Gasteiger charge is -2.27. The topological polar surface area (TPSA) is 70.2 Å². The molecule has 2 aromatic rings. The summed E-state index contributed by atoms with van der Waals surface area (Å²) in [5.41, 5.74) is 3.48. The second-order valence-corrected chi connectivity index (χ2v) is 9.62. The fraction of sp³-hybridized carbons (Fsp3) is 0.526. The lowest BCUT2D eigenvalue weighted by molar-refractivity contribution is -0.131. The van der Waals surface area contributed by atoms with Crippen LogP contribution in [0.4, 0.5) is 0 Å². The maximum absolute atomic E-state index is 12.6. The zero-order chi connectivity index (χ0) is 17.4. The largest absolute Gasteiger partial charge is 0.358 e. The highest BCUT2D eigenvalue weighted by molar-refractivity contribution is 7.92. The van der Waals surface area contributed by atoms with Gasteiger partial charge in [0.1, 0.15) is 0 Å². The Labute approximate surface area is 148 Å². The minimum absolute atomic E-state index is 0.00621. The first-order valence-electron chi connectivity index (χ1n) is 9.12. The molecule has 1 aliphatic carbocycles. The summed E-state index contributed by atoms with van der Waals surface area (Å²) in [6, 6.07) is 8.13. The number of carbonyl (C=O) groups excluding carboxylic acids is 1. The van der Waals surface area contributed by atoms with Gasteiger partial charge in [0.15, 0.2) is 9.84 Å². The number of hydrogen-bond donors (Lipinski definition) is 1. The van der Waals surface area contributed by atoms with Crippen LogP contribution >= 0.6 is 0 Å². The number of H-pyrrole nitrogens is 1. The standard InChI is InChI=1S/C19H24N2O3S/c22-19(10-12-25(23,24)14-5-1-2-6-14)21-11-9-18-16(13-21)15-7-3-4-8-17(15)20-18/h3-4,7-8,14,20H,1-2,5-6,9-13H2. The van der Waals surface area contributed by atoms with Crippen LogP contribution in [0.15, 0.2) is 24.3 Å². The average molecular weight is 360 g/mol. The third kappa shape index (κ3) is 3.19. The fourth-order valence-corrected chi connectivity index (χ4v) is 6.03. The monoisotopic (exact) mass is 360 g/mol. The Bertz CT molecular complexity index is 895. The van der Waals surface area contributed by atoms with Crippen molar-refractivity contribution in [2.24, 2.45) is 0 Å². The molecule has 0 atom stereocenters. The van der Waals surface area contributed by atoms with E-state index >= 15 is 0 Å². The third-order valence-electron chi connectivity index (χ3n) is 5.65. The number of rotatable bonds is 4. The summed E-state index contributed by atoms with van der Waals surface area (Å²) >= 11 is 0. The summed E-state index contributed by atoms with van der Waals surface area (Å²) in [4.78, 5) is 17.8. The minimum Gasteiger partial charge on any atom is -0.358 e. The molecule has 0 spiro atoms. The smallest absolute Gasteiger partial charge is 0.223 e. The molecule has 0 saturated heterocycles. The van der Waals surface area contributed by atoms with E-state index in [4.69, 9.17) is 0 Å². The van der Waals surface area contributed by atoms with E-state index in [1.807, 2.05) is 23.1 Å². The first-order chi connectivity index (χ1) is 12.0. The molecule has 1 fully saturated rings. The van der Waals surface area contributed by atoms with Crippen molar-refractivity contribution in [1.82, 2.24) is 9.88 Å². The van der Waals surface area contributed by atoms with Crippen LogP contribution in [0, 0.1) is 0 Å². The highest BCUT2D eigenvalue weighted by atomic mass is 32.2. The molecule has 2 heterocycles. The highest BCUT2D eigenvalue weighted by Crippen LogP contribution is 2.28. The Morgan fingerprint density at radius 3 is 2.76 bits per heavy atom. The number of benzene rings is 1. The number of nitrogens with zero attached hydrogens (tertiary/aromatic N) is 1. The zero-order valence-electron chi connectivity index (χ0n) is 14.3. The first kappa shape index (κ1) is 16.6. The van der Waals surface area contributed by atoms with Crippen LogP contribution in [0.1, 0.15) is 43.4 Å². The van der Waals surface area contributed by atoms with Gasteiger partial charge >= 0.3 is 0 Å². The maximum atomic E-state index is 12.6. The molecular weight excluding hydrogens is 336 g/mol. The Hall–Kier alpha value is -1.82. The van der Waals surface area contributed by atoms with E-state index in [9.17, 15) is 13.2 Å². The number of aromatic nitrogens is 1. The van der Waals surface area contributed by atoms with Crippen LogP contribution < -0.4 is 0 Å². The van der Waals surface area contributed by atoms with E-state index in [0.29, 0.717) is 13.1 Å². The van der Waals surface area contributed by atoms with Gasteiger partial charge in [0.25, 0.3) is 0 Å². The molecule has 1 saturated carbocycles. The molecule has 0 radical (unpaired) electrons. The average Bonchev–Trinajstić information content (AvgIpc) is 3.27. The number of amides is 1. The van der Waals surface area contributed by atoms with E-state index in [1.165, 1.54) is 11.3 Å². The van der Waals surface area contributed by atoms with Gasteiger partial charge in [0.2, 0.25) is 5.91 Å². The van der Waals surface area contributed by atoms with Crippen molar-refractivity contribution in [3.63, 3.8) is 0 Å². The van der Waals surface area contributed by atoms with E-state index in [2.05, 4.69) is 11.1 Å². The molecule has 5 nitrogen and oxygen atoms in total. The molecule has 2 aliphatic rings. The molecule has 1 aliphatic heterocycles. The number of para-hydroxylation sites is 1. The second-order valence-electron chi connectivity index (χ2n) is 7.22. The van der Waals surface area contributed by atoms with Gasteiger partial charge in [-0.3, -0.25) is 4.79 Å². The molecule has 1 aromatic carbocycles. The molecule has 134 valence electrons. The summed E-state index contributed by atoms with van der Waals surface area (Å²) in [7, 11) is -3.13. The fourth-order valence-electron chi connectivity index (χ4n) is 4.18. The predicted octanol–water partition coefficient (Wildman–Crippen LogP) is 2.80. The molecular formula is C19H24N2O3S. The normalized spacial score (nSPS) is 18.6. The summed E-state index contributed by atoms with van der Waals surface area (Å²) in [5, 5.41) is 0.940. The SMILES string of the molecule is O=C(CCS(=O)(=O)C1CCCC1)N1CCc2[nH]c3ccccc3c2C1. The molecule has 6 heteroatoms. The number of nitrogens with one attached hydrogen (secondary N) is 1. The Balaban J connectivity index is 1.43. The van der Waals surface area contributed by atoms with Gasteiger partial charge in [0.05, 0.1) is 11.0 Å². The summed E-state index contributed by atoms with van der Waals surface area (Å²) in [6.07, 6.45) is 4.42. The highest BCUT2D eigenvalue weighted by Gasteiger charge is 2.30. The van der Waals surface area contributed by atoms with Crippen molar-refractivity contribution in [3.05, 3.63) is 35.5 Å². The number of aromatic amines is 1. The van der Waals surface area contributed by atoms with Crippen LogP contribution in [-0.2, 0) is 27.6 Å². The van der Waals surface area contributed by atoms with Crippen LogP contribution in [0.3, 0.4) is 0 Å². The van der Waals surface area contributed by atoms with Crippen LogP contribution in [0.2, 0.25) is 0 Å². The molecule has 1 aromatic heterocycles. The van der Waals surface area contributed by atoms with Crippen molar-refractivity contribution < 1.29 is 13.2 Å². The lowest BCUT2D eigenvalue weighted by atomic mass is 10.0. The lowest BCUT2D eigenvalue weighted by Crippen LogP contribution is -2.37. The van der Waals surface area contributed by atoms with Gasteiger partial charge in [-0.15, -0.1) is 0 Å². The summed E-state index contributed by atoms with van der Waals surface area (Å²) < 4.78 is 24.8. The first-order valence-corrected chi connectivity index (χ1v) is 10.8. The van der Waals surface area contributed by atoms with Crippen LogP contribution in [0.25, 0.3) is 10.9 Å². The number of fused-ring (bicyclic) bond motifs is 3.